The average Bonchev–Trinajstić information content (AvgIpc) is 2.35. The standard InChI is InChI=1S/C13H15NO4/c1-18-7-6-14-11(15)8-9-4-2-3-5-10(9)12(14)13(16)17/h2-5,12H,6-8H2,1H3,(H,16,17). The number of carboxylic acid groups (broad SMARTS) is 1. The smallest absolute Gasteiger partial charge is 0.331 e. The zero-order chi connectivity index (χ0) is 13.1. The maximum atomic E-state index is 12.0. The van der Waals surface area contributed by atoms with Crippen molar-refractivity contribution in [3.05, 3.63) is 35.4 Å². The Balaban J connectivity index is 2.37. The highest BCUT2D eigenvalue weighted by molar-refractivity contribution is 5.89. The first-order valence-corrected chi connectivity index (χ1v) is 5.74. The summed E-state index contributed by atoms with van der Waals surface area (Å²) in [5.74, 6) is -1.18. The van der Waals surface area contributed by atoms with Gasteiger partial charge in [-0.05, 0) is 11.1 Å². The first kappa shape index (κ1) is 12.6. The number of carbonyl (C=O) groups is 2. The van der Waals surface area contributed by atoms with Crippen molar-refractivity contribution in [2.24, 2.45) is 0 Å². The molecule has 0 saturated carbocycles. The number of carbonyl (C=O) groups excluding carboxylic acids is 1. The lowest BCUT2D eigenvalue weighted by molar-refractivity contribution is -0.152. The van der Waals surface area contributed by atoms with Crippen molar-refractivity contribution >= 4 is 11.9 Å². The Labute approximate surface area is 105 Å². The van der Waals surface area contributed by atoms with Crippen LogP contribution in [0.3, 0.4) is 0 Å². The van der Waals surface area contributed by atoms with Crippen molar-refractivity contribution < 1.29 is 19.4 Å². The van der Waals surface area contributed by atoms with Crippen LogP contribution in [0.5, 0.6) is 0 Å². The third-order valence-corrected chi connectivity index (χ3v) is 3.09. The molecule has 2 rings (SSSR count). The lowest BCUT2D eigenvalue weighted by Crippen LogP contribution is -2.45. The number of carboxylic acids is 1. The fourth-order valence-electron chi connectivity index (χ4n) is 2.25. The van der Waals surface area contributed by atoms with Crippen LogP contribution in [0.2, 0.25) is 0 Å². The van der Waals surface area contributed by atoms with Crippen LogP contribution >= 0.6 is 0 Å². The topological polar surface area (TPSA) is 66.8 Å². The summed E-state index contributed by atoms with van der Waals surface area (Å²) in [5.41, 5.74) is 1.49. The van der Waals surface area contributed by atoms with E-state index in [1.807, 2.05) is 6.07 Å². The maximum absolute atomic E-state index is 12.0. The third-order valence-electron chi connectivity index (χ3n) is 3.09. The summed E-state index contributed by atoms with van der Waals surface area (Å²) in [5, 5.41) is 9.34. The normalized spacial score (nSPS) is 18.6. The summed E-state index contributed by atoms with van der Waals surface area (Å²) in [7, 11) is 1.53. The van der Waals surface area contributed by atoms with E-state index in [0.717, 1.165) is 5.56 Å². The molecule has 1 heterocycles. The number of rotatable bonds is 4. The molecule has 1 aliphatic heterocycles. The van der Waals surface area contributed by atoms with Crippen molar-refractivity contribution in [2.75, 3.05) is 20.3 Å². The molecule has 1 atom stereocenters. The Morgan fingerprint density at radius 3 is 2.89 bits per heavy atom. The van der Waals surface area contributed by atoms with E-state index in [1.54, 1.807) is 18.2 Å². The van der Waals surface area contributed by atoms with Gasteiger partial charge in [0.2, 0.25) is 5.91 Å². The van der Waals surface area contributed by atoms with Gasteiger partial charge in [0.25, 0.3) is 0 Å². The molecule has 18 heavy (non-hydrogen) atoms. The highest BCUT2D eigenvalue weighted by Crippen LogP contribution is 2.30. The van der Waals surface area contributed by atoms with E-state index in [-0.39, 0.29) is 12.3 Å². The Morgan fingerprint density at radius 2 is 2.22 bits per heavy atom. The number of amides is 1. The van der Waals surface area contributed by atoms with Crippen LogP contribution in [-0.2, 0) is 20.7 Å². The molecule has 1 aromatic rings. The van der Waals surface area contributed by atoms with Gasteiger partial charge in [-0.15, -0.1) is 0 Å². The van der Waals surface area contributed by atoms with Gasteiger partial charge in [-0.25, -0.2) is 4.79 Å². The molecule has 1 aliphatic rings. The van der Waals surface area contributed by atoms with Gasteiger partial charge in [-0.1, -0.05) is 24.3 Å². The van der Waals surface area contributed by atoms with Gasteiger partial charge in [0.1, 0.15) is 0 Å². The number of ether oxygens (including phenoxy) is 1. The molecule has 0 radical (unpaired) electrons. The van der Waals surface area contributed by atoms with Crippen molar-refractivity contribution in [1.82, 2.24) is 4.90 Å². The van der Waals surface area contributed by atoms with Crippen LogP contribution in [0.1, 0.15) is 17.2 Å². The second kappa shape index (κ2) is 5.18. The summed E-state index contributed by atoms with van der Waals surface area (Å²) in [4.78, 5) is 24.8. The Morgan fingerprint density at radius 1 is 1.50 bits per heavy atom. The molecule has 1 unspecified atom stereocenters. The summed E-state index contributed by atoms with van der Waals surface area (Å²) >= 11 is 0. The number of benzene rings is 1. The van der Waals surface area contributed by atoms with Crippen LogP contribution in [0, 0.1) is 0 Å². The van der Waals surface area contributed by atoms with Gasteiger partial charge < -0.3 is 14.7 Å². The molecule has 0 aromatic heterocycles. The molecular formula is C13H15NO4. The minimum atomic E-state index is -1.01. The lowest BCUT2D eigenvalue weighted by atomic mass is 9.92. The third kappa shape index (κ3) is 2.22. The quantitative estimate of drug-likeness (QED) is 0.858. The van der Waals surface area contributed by atoms with E-state index in [0.29, 0.717) is 18.7 Å². The molecule has 0 bridgehead atoms. The fraction of sp³-hybridized carbons (Fsp3) is 0.385. The molecule has 0 fully saturated rings. The molecule has 96 valence electrons. The van der Waals surface area contributed by atoms with Gasteiger partial charge in [0, 0.05) is 13.7 Å². The Hall–Kier alpha value is -1.88. The van der Waals surface area contributed by atoms with Crippen LogP contribution in [0.4, 0.5) is 0 Å². The molecule has 0 aliphatic carbocycles. The van der Waals surface area contributed by atoms with Gasteiger partial charge in [0.05, 0.1) is 13.0 Å². The highest BCUT2D eigenvalue weighted by Gasteiger charge is 2.36. The van der Waals surface area contributed by atoms with Gasteiger partial charge in [0.15, 0.2) is 6.04 Å². The minimum absolute atomic E-state index is 0.168. The number of nitrogens with zero attached hydrogens (tertiary/aromatic N) is 1. The van der Waals surface area contributed by atoms with Crippen molar-refractivity contribution in [3.8, 4) is 0 Å². The SMILES string of the molecule is COCCN1C(=O)Cc2ccccc2C1C(=O)O. The Bertz CT molecular complexity index is 472. The number of fused-ring (bicyclic) bond motifs is 1. The van der Waals surface area contributed by atoms with Crippen LogP contribution in [-0.4, -0.2) is 42.1 Å². The van der Waals surface area contributed by atoms with Crippen molar-refractivity contribution in [3.63, 3.8) is 0 Å². The largest absolute Gasteiger partial charge is 0.479 e. The second-order valence-electron chi connectivity index (χ2n) is 4.20. The van der Waals surface area contributed by atoms with Gasteiger partial charge in [-0.3, -0.25) is 4.79 Å². The van der Waals surface area contributed by atoms with E-state index in [9.17, 15) is 14.7 Å². The van der Waals surface area contributed by atoms with E-state index in [2.05, 4.69) is 0 Å². The zero-order valence-electron chi connectivity index (χ0n) is 10.1. The molecule has 0 saturated heterocycles. The highest BCUT2D eigenvalue weighted by atomic mass is 16.5. The molecule has 1 aromatic carbocycles. The predicted octanol–water partition coefficient (Wildman–Crippen LogP) is 0.843. The molecule has 1 amide bonds. The molecule has 5 heteroatoms. The Kier molecular flexibility index (Phi) is 3.62. The molecule has 0 spiro atoms. The van der Waals surface area contributed by atoms with E-state index >= 15 is 0 Å². The summed E-state index contributed by atoms with van der Waals surface area (Å²) in [6, 6.07) is 6.27. The van der Waals surface area contributed by atoms with Crippen LogP contribution < -0.4 is 0 Å². The summed E-state index contributed by atoms with van der Waals surface area (Å²) in [6.07, 6.45) is 0.254. The monoisotopic (exact) mass is 249 g/mol. The van der Waals surface area contributed by atoms with Gasteiger partial charge >= 0.3 is 5.97 Å². The summed E-state index contributed by atoms with van der Waals surface area (Å²) in [6.45, 7) is 0.623. The van der Waals surface area contributed by atoms with E-state index in [4.69, 9.17) is 4.74 Å². The fourth-order valence-corrected chi connectivity index (χ4v) is 2.25. The van der Waals surface area contributed by atoms with Crippen molar-refractivity contribution in [1.29, 1.82) is 0 Å². The first-order valence-electron chi connectivity index (χ1n) is 5.74. The first-order chi connectivity index (χ1) is 8.65. The lowest BCUT2D eigenvalue weighted by Gasteiger charge is -2.34. The van der Waals surface area contributed by atoms with E-state index < -0.39 is 12.0 Å². The van der Waals surface area contributed by atoms with Crippen LogP contribution in [0.15, 0.2) is 24.3 Å². The summed E-state index contributed by atoms with van der Waals surface area (Å²) < 4.78 is 4.92. The molecule has 5 nitrogen and oxygen atoms in total. The predicted molar refractivity (Wildman–Crippen MR) is 64.1 cm³/mol. The minimum Gasteiger partial charge on any atom is -0.479 e. The number of hydrogen-bond acceptors (Lipinski definition) is 3. The van der Waals surface area contributed by atoms with E-state index in [1.165, 1.54) is 12.0 Å². The maximum Gasteiger partial charge on any atom is 0.331 e. The number of hydrogen-bond donors (Lipinski definition) is 1. The zero-order valence-corrected chi connectivity index (χ0v) is 10.1. The average molecular weight is 249 g/mol. The van der Waals surface area contributed by atoms with Crippen molar-refractivity contribution in [2.45, 2.75) is 12.5 Å². The number of methoxy groups -OCH3 is 1. The number of aliphatic carboxylic acids is 1. The second-order valence-corrected chi connectivity index (χ2v) is 4.20. The van der Waals surface area contributed by atoms with Crippen LogP contribution in [0.25, 0.3) is 0 Å². The molecular weight excluding hydrogens is 234 g/mol. The molecule has 1 N–H and O–H groups in total. The van der Waals surface area contributed by atoms with Gasteiger partial charge in [-0.2, -0.15) is 0 Å².